The van der Waals surface area contributed by atoms with E-state index in [-0.39, 0.29) is 22.7 Å². The van der Waals surface area contributed by atoms with E-state index in [9.17, 15) is 22.4 Å². The second-order valence-corrected chi connectivity index (χ2v) is 6.52. The minimum Gasteiger partial charge on any atom is -0.435 e. The summed E-state index contributed by atoms with van der Waals surface area (Å²) >= 11 is 0. The summed E-state index contributed by atoms with van der Waals surface area (Å²) in [6.45, 7) is -0.580. The van der Waals surface area contributed by atoms with Crippen LogP contribution in [0.2, 0.25) is 0 Å². The molecule has 0 aliphatic rings. The minimum absolute atomic E-state index is 0.00840. The van der Waals surface area contributed by atoms with Crippen molar-refractivity contribution in [3.05, 3.63) is 71.7 Å². The first-order valence-electron chi connectivity index (χ1n) is 8.82. The van der Waals surface area contributed by atoms with E-state index in [1.807, 2.05) is 0 Å². The second kappa shape index (κ2) is 8.48. The molecule has 1 N–H and O–H groups in total. The van der Waals surface area contributed by atoms with E-state index in [4.69, 9.17) is 0 Å². The van der Waals surface area contributed by atoms with Crippen molar-refractivity contribution in [2.24, 2.45) is 0 Å². The van der Waals surface area contributed by atoms with E-state index in [0.717, 1.165) is 6.92 Å². The summed E-state index contributed by atoms with van der Waals surface area (Å²) in [6.07, 6.45) is 1.44. The molecule has 0 unspecified atom stereocenters. The molecule has 3 rings (SSSR count). The molecular formula is C21H17F4N3O2. The van der Waals surface area contributed by atoms with Crippen molar-refractivity contribution < 1.29 is 27.1 Å². The average Bonchev–Trinajstić information content (AvgIpc) is 2.68. The van der Waals surface area contributed by atoms with Crippen LogP contribution in [-0.4, -0.2) is 22.5 Å². The third-order valence-electron chi connectivity index (χ3n) is 4.17. The molecule has 3 aromatic rings. The quantitative estimate of drug-likeness (QED) is 0.542. The number of amides is 1. The van der Waals surface area contributed by atoms with Gasteiger partial charge in [-0.15, -0.1) is 0 Å². The summed E-state index contributed by atoms with van der Waals surface area (Å²) in [5, 5.41) is 2.54. The number of aromatic nitrogens is 2. The number of carbonyl (C=O) groups is 1. The first-order valence-corrected chi connectivity index (χ1v) is 8.82. The molecule has 30 heavy (non-hydrogen) atoms. The maximum atomic E-state index is 13.5. The fourth-order valence-corrected chi connectivity index (χ4v) is 2.67. The van der Waals surface area contributed by atoms with Gasteiger partial charge in [0, 0.05) is 23.7 Å². The number of anilines is 1. The van der Waals surface area contributed by atoms with Crippen LogP contribution >= 0.6 is 0 Å². The van der Waals surface area contributed by atoms with Gasteiger partial charge in [0.15, 0.2) is 0 Å². The van der Waals surface area contributed by atoms with Crippen LogP contribution in [0.3, 0.4) is 0 Å². The van der Waals surface area contributed by atoms with Gasteiger partial charge in [-0.1, -0.05) is 12.1 Å². The third kappa shape index (κ3) is 5.11. The highest BCUT2D eigenvalue weighted by molar-refractivity contribution is 6.03. The second-order valence-electron chi connectivity index (χ2n) is 6.52. The van der Waals surface area contributed by atoms with E-state index in [2.05, 4.69) is 20.0 Å². The maximum absolute atomic E-state index is 13.5. The number of rotatable bonds is 6. The van der Waals surface area contributed by atoms with E-state index < -0.39 is 18.4 Å². The first-order chi connectivity index (χ1) is 14.1. The highest BCUT2D eigenvalue weighted by atomic mass is 19.3. The molecule has 9 heteroatoms. The van der Waals surface area contributed by atoms with Gasteiger partial charge in [0.05, 0.1) is 17.6 Å². The Morgan fingerprint density at radius 2 is 1.83 bits per heavy atom. The molecule has 0 fully saturated rings. The average molecular weight is 419 g/mol. The van der Waals surface area contributed by atoms with Crippen LogP contribution in [0.5, 0.6) is 5.75 Å². The Kier molecular flexibility index (Phi) is 6.00. The molecule has 5 nitrogen and oxygen atoms in total. The van der Waals surface area contributed by atoms with Gasteiger partial charge in [0.1, 0.15) is 11.4 Å². The SMILES string of the molecule is Cc1ncc(-c2ccc(OC(F)F)cc2)nc1C(=O)Nc1cccc(C(C)(F)F)c1. The number of aryl methyl sites for hydroxylation is 1. The normalized spacial score (nSPS) is 11.4. The van der Waals surface area contributed by atoms with E-state index >= 15 is 0 Å². The van der Waals surface area contributed by atoms with Gasteiger partial charge in [-0.2, -0.15) is 8.78 Å². The van der Waals surface area contributed by atoms with Gasteiger partial charge < -0.3 is 10.1 Å². The van der Waals surface area contributed by atoms with Gasteiger partial charge in [-0.25, -0.2) is 13.8 Å². The number of benzene rings is 2. The Morgan fingerprint density at radius 3 is 2.47 bits per heavy atom. The molecule has 1 heterocycles. The number of hydrogen-bond acceptors (Lipinski definition) is 4. The molecule has 0 saturated heterocycles. The van der Waals surface area contributed by atoms with Crippen molar-refractivity contribution in [1.29, 1.82) is 0 Å². The Balaban J connectivity index is 1.84. The monoisotopic (exact) mass is 419 g/mol. The summed E-state index contributed by atoms with van der Waals surface area (Å²) in [4.78, 5) is 21.1. The number of hydrogen-bond donors (Lipinski definition) is 1. The minimum atomic E-state index is -3.05. The molecule has 1 aromatic heterocycles. The van der Waals surface area contributed by atoms with Crippen LogP contribution < -0.4 is 10.1 Å². The Bertz CT molecular complexity index is 1050. The molecule has 0 radical (unpaired) electrons. The number of nitrogens with zero attached hydrogens (tertiary/aromatic N) is 2. The van der Waals surface area contributed by atoms with Gasteiger partial charge in [-0.3, -0.25) is 9.78 Å². The molecule has 0 aliphatic carbocycles. The van der Waals surface area contributed by atoms with Crippen molar-refractivity contribution >= 4 is 11.6 Å². The van der Waals surface area contributed by atoms with Crippen LogP contribution in [-0.2, 0) is 5.92 Å². The van der Waals surface area contributed by atoms with Crippen molar-refractivity contribution in [2.75, 3.05) is 5.32 Å². The highest BCUT2D eigenvalue weighted by Crippen LogP contribution is 2.29. The number of alkyl halides is 4. The van der Waals surface area contributed by atoms with Crippen LogP contribution in [0.1, 0.15) is 28.7 Å². The van der Waals surface area contributed by atoms with Crippen molar-refractivity contribution in [3.63, 3.8) is 0 Å². The fourth-order valence-electron chi connectivity index (χ4n) is 2.67. The van der Waals surface area contributed by atoms with Crippen molar-refractivity contribution in [1.82, 2.24) is 9.97 Å². The van der Waals surface area contributed by atoms with Crippen LogP contribution in [0.4, 0.5) is 23.2 Å². The lowest BCUT2D eigenvalue weighted by atomic mass is 10.1. The number of ether oxygens (including phenoxy) is 1. The highest BCUT2D eigenvalue weighted by Gasteiger charge is 2.24. The number of carbonyl (C=O) groups excluding carboxylic acids is 1. The van der Waals surface area contributed by atoms with Gasteiger partial charge >= 0.3 is 6.61 Å². The number of halogens is 4. The topological polar surface area (TPSA) is 64.1 Å². The third-order valence-corrected chi connectivity index (χ3v) is 4.17. The van der Waals surface area contributed by atoms with Crippen molar-refractivity contribution in [3.8, 4) is 17.0 Å². The molecule has 2 aromatic carbocycles. The zero-order valence-corrected chi connectivity index (χ0v) is 16.0. The lowest BCUT2D eigenvalue weighted by Crippen LogP contribution is -2.17. The molecule has 0 spiro atoms. The van der Waals surface area contributed by atoms with E-state index in [1.165, 1.54) is 54.7 Å². The van der Waals surface area contributed by atoms with Crippen LogP contribution in [0.25, 0.3) is 11.3 Å². The van der Waals surface area contributed by atoms with Crippen LogP contribution in [0, 0.1) is 6.92 Å². The van der Waals surface area contributed by atoms with E-state index in [0.29, 0.717) is 17.0 Å². The van der Waals surface area contributed by atoms with Gasteiger partial charge in [-0.05, 0) is 43.3 Å². The zero-order valence-electron chi connectivity index (χ0n) is 16.0. The fraction of sp³-hybridized carbons (Fsp3) is 0.190. The lowest BCUT2D eigenvalue weighted by molar-refractivity contribution is -0.0498. The zero-order chi connectivity index (χ0) is 21.9. The predicted octanol–water partition coefficient (Wildman–Crippen LogP) is 5.42. The molecule has 0 aliphatic heterocycles. The lowest BCUT2D eigenvalue weighted by Gasteiger charge is -2.13. The first kappa shape index (κ1) is 21.2. The molecule has 0 saturated carbocycles. The summed E-state index contributed by atoms with van der Waals surface area (Å²) in [5.41, 5.74) is 1.18. The molecular weight excluding hydrogens is 402 g/mol. The summed E-state index contributed by atoms with van der Waals surface area (Å²) in [6, 6.07) is 11.1. The Morgan fingerprint density at radius 1 is 1.13 bits per heavy atom. The molecule has 1 amide bonds. The predicted molar refractivity (Wildman–Crippen MR) is 103 cm³/mol. The maximum Gasteiger partial charge on any atom is 0.387 e. The van der Waals surface area contributed by atoms with Gasteiger partial charge in [0.2, 0.25) is 0 Å². The largest absolute Gasteiger partial charge is 0.435 e. The standard InChI is InChI=1S/C21H17F4N3O2/c1-12-18(19(29)27-15-5-3-4-14(10-15)21(2,24)25)28-17(11-26-12)13-6-8-16(9-7-13)30-20(22)23/h3-11,20H,1-2H3,(H,27,29). The molecule has 0 atom stereocenters. The Hall–Kier alpha value is -3.49. The van der Waals surface area contributed by atoms with Crippen molar-refractivity contribution in [2.45, 2.75) is 26.4 Å². The molecule has 0 bridgehead atoms. The summed E-state index contributed by atoms with van der Waals surface area (Å²) in [7, 11) is 0. The van der Waals surface area contributed by atoms with E-state index in [1.54, 1.807) is 6.92 Å². The Labute approximate surface area is 169 Å². The summed E-state index contributed by atoms with van der Waals surface area (Å²) < 4.78 is 55.9. The number of nitrogens with one attached hydrogen (secondary N) is 1. The smallest absolute Gasteiger partial charge is 0.387 e. The van der Waals surface area contributed by atoms with Crippen LogP contribution in [0.15, 0.2) is 54.7 Å². The van der Waals surface area contributed by atoms with Gasteiger partial charge in [0.25, 0.3) is 11.8 Å². The molecule has 156 valence electrons. The summed E-state index contributed by atoms with van der Waals surface area (Å²) in [5.74, 6) is -3.67.